The minimum absolute atomic E-state index is 0.0586. The molecule has 0 aromatic carbocycles. The largest absolute Gasteiger partial charge is 0.467 e. The number of aromatic nitrogens is 4. The quantitative estimate of drug-likeness (QED) is 0.744. The number of hydrogen-bond donors (Lipinski definition) is 1. The lowest BCUT2D eigenvalue weighted by atomic mass is 9.97. The van der Waals surface area contributed by atoms with Crippen LogP contribution in [0.4, 0.5) is 5.82 Å². The Labute approximate surface area is 157 Å². The number of nitrogens with zero attached hydrogens (tertiary/aromatic N) is 5. The zero-order valence-corrected chi connectivity index (χ0v) is 15.6. The van der Waals surface area contributed by atoms with Crippen LogP contribution in [0.2, 0.25) is 0 Å². The van der Waals surface area contributed by atoms with E-state index in [0.29, 0.717) is 13.1 Å². The molecule has 4 heterocycles. The maximum atomic E-state index is 12.6. The number of carbonyl (C=O) groups is 1. The van der Waals surface area contributed by atoms with Gasteiger partial charge in [-0.2, -0.15) is 4.52 Å². The van der Waals surface area contributed by atoms with E-state index in [1.165, 1.54) is 0 Å². The van der Waals surface area contributed by atoms with Crippen molar-refractivity contribution in [2.75, 3.05) is 18.0 Å². The molecule has 4 rings (SSSR count). The fraction of sp³-hybridized carbons (Fsp3) is 0.474. The average Bonchev–Trinajstić information content (AvgIpc) is 3.35. The maximum absolute atomic E-state index is 12.6. The lowest BCUT2D eigenvalue weighted by Gasteiger charge is -2.32. The molecule has 1 saturated heterocycles. The molecule has 1 N–H and O–H groups in total. The molecule has 1 aliphatic rings. The second-order valence-corrected chi connectivity index (χ2v) is 7.26. The van der Waals surface area contributed by atoms with Crippen LogP contribution >= 0.6 is 0 Å². The van der Waals surface area contributed by atoms with E-state index in [4.69, 9.17) is 9.52 Å². The molecule has 1 atom stereocenters. The van der Waals surface area contributed by atoms with Crippen LogP contribution < -0.4 is 10.2 Å². The molecule has 8 nitrogen and oxygen atoms in total. The van der Waals surface area contributed by atoms with Crippen LogP contribution in [-0.4, -0.2) is 38.8 Å². The number of furan rings is 1. The third kappa shape index (κ3) is 3.65. The van der Waals surface area contributed by atoms with Gasteiger partial charge in [-0.1, -0.05) is 13.8 Å². The Hall–Kier alpha value is -2.90. The Morgan fingerprint density at radius 1 is 1.33 bits per heavy atom. The summed E-state index contributed by atoms with van der Waals surface area (Å²) in [5, 5.41) is 16.1. The Morgan fingerprint density at radius 2 is 2.22 bits per heavy atom. The molecular weight excluding hydrogens is 344 g/mol. The number of fused-ring (bicyclic) bond motifs is 1. The van der Waals surface area contributed by atoms with Crippen molar-refractivity contribution >= 4 is 17.4 Å². The molecule has 142 valence electrons. The number of anilines is 1. The SMILES string of the molecule is CC(C)c1nnc2ccc(N3CCC[C@@H](C(=O)NCc4ccco4)C3)nn12. The van der Waals surface area contributed by atoms with E-state index in [2.05, 4.69) is 34.3 Å². The molecule has 0 saturated carbocycles. The minimum Gasteiger partial charge on any atom is -0.467 e. The first-order chi connectivity index (χ1) is 13.1. The second-order valence-electron chi connectivity index (χ2n) is 7.26. The van der Waals surface area contributed by atoms with E-state index in [1.54, 1.807) is 10.8 Å². The molecule has 0 radical (unpaired) electrons. The van der Waals surface area contributed by atoms with E-state index >= 15 is 0 Å². The average molecular weight is 368 g/mol. The molecule has 1 aliphatic heterocycles. The van der Waals surface area contributed by atoms with Gasteiger partial charge < -0.3 is 14.6 Å². The smallest absolute Gasteiger partial charge is 0.225 e. The molecule has 0 unspecified atom stereocenters. The normalized spacial score (nSPS) is 17.6. The van der Waals surface area contributed by atoms with Crippen molar-refractivity contribution in [3.05, 3.63) is 42.1 Å². The molecule has 8 heteroatoms. The van der Waals surface area contributed by atoms with Crippen LogP contribution in [0.25, 0.3) is 5.65 Å². The van der Waals surface area contributed by atoms with E-state index in [-0.39, 0.29) is 17.7 Å². The molecule has 0 bridgehead atoms. The highest BCUT2D eigenvalue weighted by atomic mass is 16.3. The van der Waals surface area contributed by atoms with Gasteiger partial charge in [0, 0.05) is 19.0 Å². The van der Waals surface area contributed by atoms with Gasteiger partial charge in [0.1, 0.15) is 11.6 Å². The van der Waals surface area contributed by atoms with E-state index in [1.807, 2.05) is 24.3 Å². The highest BCUT2D eigenvalue weighted by molar-refractivity contribution is 5.79. The summed E-state index contributed by atoms with van der Waals surface area (Å²) in [6, 6.07) is 7.57. The fourth-order valence-corrected chi connectivity index (χ4v) is 3.46. The summed E-state index contributed by atoms with van der Waals surface area (Å²) in [4.78, 5) is 14.7. The molecule has 27 heavy (non-hydrogen) atoms. The highest BCUT2D eigenvalue weighted by Crippen LogP contribution is 2.23. The number of rotatable bonds is 5. The van der Waals surface area contributed by atoms with Crippen molar-refractivity contribution in [3.63, 3.8) is 0 Å². The Kier molecular flexibility index (Phi) is 4.79. The summed E-state index contributed by atoms with van der Waals surface area (Å²) in [7, 11) is 0. The number of carbonyl (C=O) groups excluding carboxylic acids is 1. The van der Waals surface area contributed by atoms with Crippen molar-refractivity contribution in [2.45, 2.75) is 39.2 Å². The standard InChI is InChI=1S/C19H24N6O2/c1-13(2)18-22-21-16-7-8-17(23-25(16)18)24-9-3-5-14(12-24)19(26)20-11-15-6-4-10-27-15/h4,6-8,10,13-14H,3,5,9,11-12H2,1-2H3,(H,20,26)/t14-/m1/s1. The summed E-state index contributed by atoms with van der Waals surface area (Å²) in [5.41, 5.74) is 0.743. The first-order valence-electron chi connectivity index (χ1n) is 9.39. The van der Waals surface area contributed by atoms with Gasteiger partial charge in [-0.05, 0) is 37.1 Å². The highest BCUT2D eigenvalue weighted by Gasteiger charge is 2.27. The predicted molar refractivity (Wildman–Crippen MR) is 100 cm³/mol. The van der Waals surface area contributed by atoms with Gasteiger partial charge in [-0.15, -0.1) is 15.3 Å². The van der Waals surface area contributed by atoms with E-state index < -0.39 is 0 Å². The van der Waals surface area contributed by atoms with Crippen LogP contribution in [-0.2, 0) is 11.3 Å². The molecule has 3 aromatic rings. The van der Waals surface area contributed by atoms with Crippen LogP contribution in [0.3, 0.4) is 0 Å². The predicted octanol–water partition coefficient (Wildman–Crippen LogP) is 2.37. The Bertz CT molecular complexity index is 918. The van der Waals surface area contributed by atoms with Crippen molar-refractivity contribution in [3.8, 4) is 0 Å². The molecular formula is C19H24N6O2. The summed E-state index contributed by atoms with van der Waals surface area (Å²) >= 11 is 0. The summed E-state index contributed by atoms with van der Waals surface area (Å²) in [5.74, 6) is 2.70. The number of piperidine rings is 1. The molecule has 1 fully saturated rings. The van der Waals surface area contributed by atoms with Gasteiger partial charge in [-0.3, -0.25) is 4.79 Å². The first kappa shape index (κ1) is 17.5. The topological polar surface area (TPSA) is 88.6 Å². The van der Waals surface area contributed by atoms with E-state index in [9.17, 15) is 4.79 Å². The van der Waals surface area contributed by atoms with Crippen LogP contribution in [0, 0.1) is 5.92 Å². The molecule has 0 aliphatic carbocycles. The summed E-state index contributed by atoms with van der Waals surface area (Å²) in [6.07, 6.45) is 3.45. The van der Waals surface area contributed by atoms with Crippen LogP contribution in [0.1, 0.15) is 44.2 Å². The molecule has 1 amide bonds. The number of amides is 1. The van der Waals surface area contributed by atoms with Crippen LogP contribution in [0.15, 0.2) is 34.9 Å². The third-order valence-corrected chi connectivity index (χ3v) is 4.92. The first-order valence-corrected chi connectivity index (χ1v) is 9.39. The Morgan fingerprint density at radius 3 is 3.00 bits per heavy atom. The van der Waals surface area contributed by atoms with Gasteiger partial charge in [0.15, 0.2) is 11.5 Å². The van der Waals surface area contributed by atoms with E-state index in [0.717, 1.165) is 42.4 Å². The van der Waals surface area contributed by atoms with Crippen molar-refractivity contribution in [2.24, 2.45) is 5.92 Å². The van der Waals surface area contributed by atoms with Crippen molar-refractivity contribution in [1.29, 1.82) is 0 Å². The molecule has 3 aromatic heterocycles. The van der Waals surface area contributed by atoms with Gasteiger partial charge in [-0.25, -0.2) is 0 Å². The monoisotopic (exact) mass is 368 g/mol. The Balaban J connectivity index is 1.46. The summed E-state index contributed by atoms with van der Waals surface area (Å²) < 4.78 is 7.08. The minimum atomic E-state index is -0.0586. The van der Waals surface area contributed by atoms with Crippen LogP contribution in [0.5, 0.6) is 0 Å². The van der Waals surface area contributed by atoms with Gasteiger partial charge in [0.25, 0.3) is 0 Å². The lowest BCUT2D eigenvalue weighted by Crippen LogP contribution is -2.43. The maximum Gasteiger partial charge on any atom is 0.225 e. The second kappa shape index (κ2) is 7.38. The number of nitrogens with one attached hydrogen (secondary N) is 1. The van der Waals surface area contributed by atoms with Gasteiger partial charge >= 0.3 is 0 Å². The van der Waals surface area contributed by atoms with Gasteiger partial charge in [0.05, 0.1) is 18.7 Å². The van der Waals surface area contributed by atoms with Crippen molar-refractivity contribution in [1.82, 2.24) is 25.1 Å². The van der Waals surface area contributed by atoms with Crippen molar-refractivity contribution < 1.29 is 9.21 Å². The number of hydrogen-bond acceptors (Lipinski definition) is 6. The zero-order chi connectivity index (χ0) is 18.8. The lowest BCUT2D eigenvalue weighted by molar-refractivity contribution is -0.125. The third-order valence-electron chi connectivity index (χ3n) is 4.92. The van der Waals surface area contributed by atoms with Gasteiger partial charge in [0.2, 0.25) is 5.91 Å². The summed E-state index contributed by atoms with van der Waals surface area (Å²) in [6.45, 7) is 6.11. The fourth-order valence-electron chi connectivity index (χ4n) is 3.46. The molecule has 0 spiro atoms. The zero-order valence-electron chi connectivity index (χ0n) is 15.6.